The standard InChI is InChI=1S/C16H26N2O3/c1-12(10-11-20-5)17-13-6-8-14(9-7-13)18-15(19)21-16(2,3)4/h6-9,12,17H,10-11H2,1-5H3,(H,18,19). The Hall–Kier alpha value is -1.75. The minimum Gasteiger partial charge on any atom is -0.444 e. The van der Waals surface area contributed by atoms with Crippen molar-refractivity contribution >= 4 is 17.5 Å². The second-order valence-corrected chi connectivity index (χ2v) is 6.03. The van der Waals surface area contributed by atoms with E-state index in [-0.39, 0.29) is 0 Å². The van der Waals surface area contributed by atoms with Crippen molar-refractivity contribution in [3.05, 3.63) is 24.3 Å². The molecule has 0 bridgehead atoms. The molecule has 1 aromatic carbocycles. The minimum atomic E-state index is -0.498. The van der Waals surface area contributed by atoms with E-state index in [2.05, 4.69) is 17.6 Å². The van der Waals surface area contributed by atoms with E-state index in [0.29, 0.717) is 11.7 Å². The third-order valence-electron chi connectivity index (χ3n) is 2.70. The van der Waals surface area contributed by atoms with Crippen molar-refractivity contribution in [2.45, 2.75) is 45.8 Å². The fourth-order valence-corrected chi connectivity index (χ4v) is 1.72. The molecule has 1 aromatic rings. The number of carbonyl (C=O) groups excluding carboxylic acids is 1. The summed E-state index contributed by atoms with van der Waals surface area (Å²) < 4.78 is 10.3. The van der Waals surface area contributed by atoms with Crippen LogP contribution in [0.1, 0.15) is 34.1 Å². The highest BCUT2D eigenvalue weighted by Gasteiger charge is 2.16. The molecule has 118 valence electrons. The molecule has 0 fully saturated rings. The Morgan fingerprint density at radius 2 is 1.76 bits per heavy atom. The highest BCUT2D eigenvalue weighted by atomic mass is 16.6. The van der Waals surface area contributed by atoms with Gasteiger partial charge in [0.25, 0.3) is 0 Å². The highest BCUT2D eigenvalue weighted by molar-refractivity contribution is 5.85. The van der Waals surface area contributed by atoms with Crippen LogP contribution < -0.4 is 10.6 Å². The molecule has 0 aromatic heterocycles. The average Bonchev–Trinajstić information content (AvgIpc) is 2.36. The predicted octanol–water partition coefficient (Wildman–Crippen LogP) is 3.87. The van der Waals surface area contributed by atoms with Gasteiger partial charge in [-0.05, 0) is 58.4 Å². The zero-order valence-corrected chi connectivity index (χ0v) is 13.5. The molecule has 5 heteroatoms. The third-order valence-corrected chi connectivity index (χ3v) is 2.70. The predicted molar refractivity (Wildman–Crippen MR) is 85.9 cm³/mol. The van der Waals surface area contributed by atoms with Crippen molar-refractivity contribution < 1.29 is 14.3 Å². The molecule has 1 unspecified atom stereocenters. The van der Waals surface area contributed by atoms with Crippen LogP contribution in [0, 0.1) is 0 Å². The summed E-state index contributed by atoms with van der Waals surface area (Å²) in [6, 6.07) is 7.87. The molecule has 0 aliphatic carbocycles. The number of rotatable bonds is 6. The van der Waals surface area contributed by atoms with E-state index >= 15 is 0 Å². The maximum absolute atomic E-state index is 11.6. The zero-order chi connectivity index (χ0) is 15.9. The van der Waals surface area contributed by atoms with Crippen LogP contribution in [0.2, 0.25) is 0 Å². The molecule has 0 saturated carbocycles. The maximum atomic E-state index is 11.6. The van der Waals surface area contributed by atoms with Gasteiger partial charge in [0.05, 0.1) is 0 Å². The van der Waals surface area contributed by atoms with E-state index in [1.54, 1.807) is 7.11 Å². The van der Waals surface area contributed by atoms with Gasteiger partial charge in [0, 0.05) is 31.1 Å². The normalized spacial score (nSPS) is 12.6. The maximum Gasteiger partial charge on any atom is 0.412 e. The van der Waals surface area contributed by atoms with Gasteiger partial charge in [-0.15, -0.1) is 0 Å². The van der Waals surface area contributed by atoms with Crippen LogP contribution in [-0.4, -0.2) is 31.5 Å². The van der Waals surface area contributed by atoms with Crippen LogP contribution in [-0.2, 0) is 9.47 Å². The van der Waals surface area contributed by atoms with Crippen LogP contribution in [0.3, 0.4) is 0 Å². The summed E-state index contributed by atoms with van der Waals surface area (Å²) >= 11 is 0. The van der Waals surface area contributed by atoms with Crippen molar-refractivity contribution in [3.8, 4) is 0 Å². The van der Waals surface area contributed by atoms with Gasteiger partial charge in [0.1, 0.15) is 5.60 Å². The lowest BCUT2D eigenvalue weighted by molar-refractivity contribution is 0.0636. The van der Waals surface area contributed by atoms with Crippen molar-refractivity contribution in [1.29, 1.82) is 0 Å². The number of nitrogens with one attached hydrogen (secondary N) is 2. The summed E-state index contributed by atoms with van der Waals surface area (Å²) in [5.41, 5.74) is 1.22. The van der Waals surface area contributed by atoms with Crippen LogP contribution in [0.25, 0.3) is 0 Å². The van der Waals surface area contributed by atoms with E-state index in [4.69, 9.17) is 9.47 Å². The van der Waals surface area contributed by atoms with E-state index < -0.39 is 11.7 Å². The Labute approximate surface area is 127 Å². The number of hydrogen-bond donors (Lipinski definition) is 2. The van der Waals surface area contributed by atoms with Gasteiger partial charge in [-0.25, -0.2) is 4.79 Å². The first kappa shape index (κ1) is 17.3. The molecule has 21 heavy (non-hydrogen) atoms. The summed E-state index contributed by atoms with van der Waals surface area (Å²) in [7, 11) is 1.70. The summed E-state index contributed by atoms with van der Waals surface area (Å²) in [4.78, 5) is 11.6. The van der Waals surface area contributed by atoms with Gasteiger partial charge in [-0.2, -0.15) is 0 Å². The molecule has 5 nitrogen and oxygen atoms in total. The summed E-state index contributed by atoms with van der Waals surface area (Å²) in [6.45, 7) is 8.33. The number of amides is 1. The van der Waals surface area contributed by atoms with Crippen molar-refractivity contribution in [3.63, 3.8) is 0 Å². The largest absolute Gasteiger partial charge is 0.444 e. The molecule has 1 amide bonds. The lowest BCUT2D eigenvalue weighted by atomic mass is 10.2. The molecular weight excluding hydrogens is 268 g/mol. The Morgan fingerprint density at radius 1 is 1.19 bits per heavy atom. The summed E-state index contributed by atoms with van der Waals surface area (Å²) in [5.74, 6) is 0. The Morgan fingerprint density at radius 3 is 2.29 bits per heavy atom. The number of anilines is 2. The molecule has 1 atom stereocenters. The van der Waals surface area contributed by atoms with E-state index in [1.165, 1.54) is 0 Å². The monoisotopic (exact) mass is 294 g/mol. The molecule has 2 N–H and O–H groups in total. The Balaban J connectivity index is 2.48. The first-order valence-corrected chi connectivity index (χ1v) is 7.15. The molecule has 0 spiro atoms. The lowest BCUT2D eigenvalue weighted by Crippen LogP contribution is -2.27. The number of ether oxygens (including phenoxy) is 2. The minimum absolute atomic E-state index is 0.328. The van der Waals surface area contributed by atoms with Crippen molar-refractivity contribution in [1.82, 2.24) is 0 Å². The number of benzene rings is 1. The fraction of sp³-hybridized carbons (Fsp3) is 0.562. The van der Waals surface area contributed by atoms with Crippen LogP contribution in [0.4, 0.5) is 16.2 Å². The first-order chi connectivity index (χ1) is 9.80. The van der Waals surface area contributed by atoms with Gasteiger partial charge < -0.3 is 14.8 Å². The molecule has 0 aliphatic rings. The van der Waals surface area contributed by atoms with Gasteiger partial charge >= 0.3 is 6.09 Å². The number of carbonyl (C=O) groups is 1. The van der Waals surface area contributed by atoms with Crippen molar-refractivity contribution in [2.24, 2.45) is 0 Å². The smallest absolute Gasteiger partial charge is 0.412 e. The summed E-state index contributed by atoms with van der Waals surface area (Å²) in [5, 5.41) is 6.08. The van der Waals surface area contributed by atoms with E-state index in [9.17, 15) is 4.79 Å². The molecule has 0 heterocycles. The molecular formula is C16H26N2O3. The topological polar surface area (TPSA) is 59.6 Å². The number of hydrogen-bond acceptors (Lipinski definition) is 4. The Bertz CT molecular complexity index is 438. The zero-order valence-electron chi connectivity index (χ0n) is 13.5. The quantitative estimate of drug-likeness (QED) is 0.836. The van der Waals surface area contributed by atoms with Gasteiger partial charge in [0.15, 0.2) is 0 Å². The second-order valence-electron chi connectivity index (χ2n) is 6.03. The van der Waals surface area contributed by atoms with Gasteiger partial charge in [-0.3, -0.25) is 5.32 Å². The molecule has 0 radical (unpaired) electrons. The molecule has 0 aliphatic heterocycles. The fourth-order valence-electron chi connectivity index (χ4n) is 1.72. The van der Waals surface area contributed by atoms with E-state index in [1.807, 2.05) is 45.0 Å². The molecule has 0 saturated heterocycles. The average molecular weight is 294 g/mol. The lowest BCUT2D eigenvalue weighted by Gasteiger charge is -2.20. The SMILES string of the molecule is COCCC(C)Nc1ccc(NC(=O)OC(C)(C)C)cc1. The third kappa shape index (κ3) is 7.56. The van der Waals surface area contributed by atoms with Crippen LogP contribution in [0.15, 0.2) is 24.3 Å². The van der Waals surface area contributed by atoms with Crippen LogP contribution in [0.5, 0.6) is 0 Å². The number of methoxy groups -OCH3 is 1. The Kier molecular flexibility index (Phi) is 6.49. The van der Waals surface area contributed by atoms with Gasteiger partial charge in [-0.1, -0.05) is 0 Å². The summed E-state index contributed by atoms with van der Waals surface area (Å²) in [6.07, 6.45) is 0.491. The first-order valence-electron chi connectivity index (χ1n) is 7.15. The van der Waals surface area contributed by atoms with Gasteiger partial charge in [0.2, 0.25) is 0 Å². The van der Waals surface area contributed by atoms with E-state index in [0.717, 1.165) is 18.7 Å². The highest BCUT2D eigenvalue weighted by Crippen LogP contribution is 2.16. The molecule has 1 rings (SSSR count). The van der Waals surface area contributed by atoms with Crippen LogP contribution >= 0.6 is 0 Å². The second kappa shape index (κ2) is 7.88. The van der Waals surface area contributed by atoms with Crippen molar-refractivity contribution in [2.75, 3.05) is 24.4 Å².